The summed E-state index contributed by atoms with van der Waals surface area (Å²) in [7, 11) is 1.34. The van der Waals surface area contributed by atoms with Crippen LogP contribution in [0.4, 0.5) is 10.1 Å². The van der Waals surface area contributed by atoms with E-state index >= 15 is 0 Å². The molecule has 130 valence electrons. The molecule has 2 aromatic rings. The Bertz CT molecular complexity index is 862. The second-order valence-corrected chi connectivity index (χ2v) is 7.02. The van der Waals surface area contributed by atoms with E-state index in [4.69, 9.17) is 17.0 Å². The summed E-state index contributed by atoms with van der Waals surface area (Å²) < 4.78 is 19.0. The molecule has 4 nitrogen and oxygen atoms in total. The molecule has 0 saturated heterocycles. The fourth-order valence-electron chi connectivity index (χ4n) is 2.82. The maximum absolute atomic E-state index is 14.0. The standard InChI is InChI=1S/C18H17FN2O2S2/c1-10-6-7-12(9-13(10)19)21-11(2)15(17(22)23-3)16(20-18(21)24)14-5-4-8-25-14/h4-9,16H,1-3H3,(H,20,24)/t16-/m0/s1. The van der Waals surface area contributed by atoms with Crippen LogP contribution in [0.2, 0.25) is 0 Å². The molecule has 7 heteroatoms. The zero-order chi connectivity index (χ0) is 18.1. The highest BCUT2D eigenvalue weighted by molar-refractivity contribution is 7.80. The van der Waals surface area contributed by atoms with E-state index in [1.165, 1.54) is 24.5 Å². The molecule has 0 unspecified atom stereocenters. The summed E-state index contributed by atoms with van der Waals surface area (Å²) >= 11 is 7.02. The van der Waals surface area contributed by atoms with Gasteiger partial charge in [0.15, 0.2) is 5.11 Å². The molecular formula is C18H17FN2O2S2. The van der Waals surface area contributed by atoms with E-state index in [-0.39, 0.29) is 11.9 Å². The SMILES string of the molecule is COC(=O)C1=C(C)N(c2ccc(C)c(F)c2)C(=S)N[C@H]1c1cccs1. The molecule has 1 N–H and O–H groups in total. The Kier molecular flexibility index (Phi) is 4.87. The van der Waals surface area contributed by atoms with Gasteiger partial charge in [-0.3, -0.25) is 4.90 Å². The lowest BCUT2D eigenvalue weighted by Gasteiger charge is -2.37. The number of halogens is 1. The summed E-state index contributed by atoms with van der Waals surface area (Å²) in [5.74, 6) is -0.767. The van der Waals surface area contributed by atoms with Gasteiger partial charge < -0.3 is 10.1 Å². The van der Waals surface area contributed by atoms with Crippen molar-refractivity contribution in [2.24, 2.45) is 0 Å². The number of allylic oxidation sites excluding steroid dienone is 1. The van der Waals surface area contributed by atoms with Crippen LogP contribution in [-0.2, 0) is 9.53 Å². The molecule has 2 heterocycles. The molecule has 1 atom stereocenters. The summed E-state index contributed by atoms with van der Waals surface area (Å²) in [5, 5.41) is 5.53. The number of thiophene rings is 1. The van der Waals surface area contributed by atoms with Gasteiger partial charge in [0.2, 0.25) is 0 Å². The fourth-order valence-corrected chi connectivity index (χ4v) is 3.96. The van der Waals surface area contributed by atoms with Crippen molar-refractivity contribution in [2.75, 3.05) is 12.0 Å². The van der Waals surface area contributed by atoms with Crippen LogP contribution < -0.4 is 10.2 Å². The van der Waals surface area contributed by atoms with Gasteiger partial charge in [0.1, 0.15) is 5.82 Å². The Morgan fingerprint density at radius 1 is 1.36 bits per heavy atom. The van der Waals surface area contributed by atoms with Crippen molar-refractivity contribution in [1.82, 2.24) is 5.32 Å². The Hall–Kier alpha value is -2.25. The number of aryl methyl sites for hydroxylation is 1. The minimum Gasteiger partial charge on any atom is -0.466 e. The number of thiocarbonyl (C=S) groups is 1. The number of carbonyl (C=O) groups is 1. The molecule has 0 amide bonds. The maximum Gasteiger partial charge on any atom is 0.338 e. The van der Waals surface area contributed by atoms with Crippen LogP contribution in [0.15, 0.2) is 47.0 Å². The smallest absolute Gasteiger partial charge is 0.338 e. The molecule has 0 fully saturated rings. The number of hydrogen-bond donors (Lipinski definition) is 1. The lowest BCUT2D eigenvalue weighted by Crippen LogP contribution is -2.47. The van der Waals surface area contributed by atoms with Crippen molar-refractivity contribution >= 4 is 40.3 Å². The van der Waals surface area contributed by atoms with Crippen molar-refractivity contribution in [3.63, 3.8) is 0 Å². The van der Waals surface area contributed by atoms with Gasteiger partial charge in [-0.05, 0) is 55.2 Å². The Balaban J connectivity index is 2.14. The second-order valence-electron chi connectivity index (χ2n) is 5.66. The van der Waals surface area contributed by atoms with Crippen molar-refractivity contribution in [3.8, 4) is 0 Å². The Morgan fingerprint density at radius 3 is 2.72 bits per heavy atom. The lowest BCUT2D eigenvalue weighted by molar-refractivity contribution is -0.136. The van der Waals surface area contributed by atoms with Crippen molar-refractivity contribution in [2.45, 2.75) is 19.9 Å². The van der Waals surface area contributed by atoms with E-state index in [0.717, 1.165) is 4.88 Å². The number of methoxy groups -OCH3 is 1. The minimum atomic E-state index is -0.441. The van der Waals surface area contributed by atoms with E-state index in [0.29, 0.717) is 27.6 Å². The largest absolute Gasteiger partial charge is 0.466 e. The number of carbonyl (C=O) groups excluding carboxylic acids is 1. The Morgan fingerprint density at radius 2 is 2.12 bits per heavy atom. The zero-order valence-electron chi connectivity index (χ0n) is 14.0. The topological polar surface area (TPSA) is 41.6 Å². The first-order valence-electron chi connectivity index (χ1n) is 7.63. The van der Waals surface area contributed by atoms with E-state index in [9.17, 15) is 9.18 Å². The molecule has 1 aromatic heterocycles. The summed E-state index contributed by atoms with van der Waals surface area (Å²) in [6.45, 7) is 3.49. The number of hydrogen-bond acceptors (Lipinski definition) is 4. The summed E-state index contributed by atoms with van der Waals surface area (Å²) in [6.07, 6.45) is 0. The quantitative estimate of drug-likeness (QED) is 0.646. The summed E-state index contributed by atoms with van der Waals surface area (Å²) in [6, 6.07) is 8.33. The van der Waals surface area contributed by atoms with Crippen LogP contribution in [-0.4, -0.2) is 18.2 Å². The molecule has 0 saturated carbocycles. The molecule has 0 bridgehead atoms. The van der Waals surface area contributed by atoms with Gasteiger partial charge in [-0.2, -0.15) is 0 Å². The lowest BCUT2D eigenvalue weighted by atomic mass is 10.00. The van der Waals surface area contributed by atoms with E-state index in [1.807, 2.05) is 17.5 Å². The van der Waals surface area contributed by atoms with E-state index in [2.05, 4.69) is 5.32 Å². The van der Waals surface area contributed by atoms with Gasteiger partial charge in [0.25, 0.3) is 0 Å². The molecule has 1 aliphatic heterocycles. The molecule has 1 aromatic carbocycles. The highest BCUT2D eigenvalue weighted by Crippen LogP contribution is 2.36. The number of benzene rings is 1. The van der Waals surface area contributed by atoms with Gasteiger partial charge in [0, 0.05) is 10.6 Å². The molecule has 3 rings (SSSR count). The number of ether oxygens (including phenoxy) is 1. The first kappa shape index (κ1) is 17.6. The van der Waals surface area contributed by atoms with E-state index < -0.39 is 5.97 Å². The zero-order valence-corrected chi connectivity index (χ0v) is 15.6. The number of esters is 1. The first-order valence-corrected chi connectivity index (χ1v) is 8.92. The third-order valence-electron chi connectivity index (χ3n) is 4.13. The minimum absolute atomic E-state index is 0.326. The van der Waals surface area contributed by atoms with Crippen LogP contribution in [0.3, 0.4) is 0 Å². The summed E-state index contributed by atoms with van der Waals surface area (Å²) in [4.78, 5) is 15.0. The van der Waals surface area contributed by atoms with Gasteiger partial charge in [-0.25, -0.2) is 9.18 Å². The normalized spacial score (nSPS) is 17.5. The number of nitrogens with one attached hydrogen (secondary N) is 1. The third kappa shape index (κ3) is 3.17. The number of nitrogens with zero attached hydrogens (tertiary/aromatic N) is 1. The van der Waals surface area contributed by atoms with Gasteiger partial charge in [-0.1, -0.05) is 12.1 Å². The van der Waals surface area contributed by atoms with Crippen molar-refractivity contribution in [3.05, 3.63) is 63.2 Å². The van der Waals surface area contributed by atoms with Crippen LogP contribution >= 0.6 is 23.6 Å². The third-order valence-corrected chi connectivity index (χ3v) is 5.37. The monoisotopic (exact) mass is 376 g/mol. The molecular weight excluding hydrogens is 359 g/mol. The highest BCUT2D eigenvalue weighted by atomic mass is 32.1. The molecule has 0 aliphatic carbocycles. The molecule has 0 spiro atoms. The highest BCUT2D eigenvalue weighted by Gasteiger charge is 2.35. The van der Waals surface area contributed by atoms with E-state index in [1.54, 1.807) is 30.9 Å². The first-order chi connectivity index (χ1) is 11.9. The fraction of sp³-hybridized carbons (Fsp3) is 0.222. The second kappa shape index (κ2) is 6.93. The molecule has 0 radical (unpaired) electrons. The predicted octanol–water partition coefficient (Wildman–Crippen LogP) is 4.08. The maximum atomic E-state index is 14.0. The number of rotatable bonds is 3. The van der Waals surface area contributed by atoms with Gasteiger partial charge in [0.05, 0.1) is 24.4 Å². The van der Waals surface area contributed by atoms with Crippen molar-refractivity contribution in [1.29, 1.82) is 0 Å². The van der Waals surface area contributed by atoms with Crippen LogP contribution in [0.1, 0.15) is 23.4 Å². The average Bonchev–Trinajstić information content (AvgIpc) is 3.11. The van der Waals surface area contributed by atoms with Crippen LogP contribution in [0.5, 0.6) is 0 Å². The molecule has 1 aliphatic rings. The van der Waals surface area contributed by atoms with Crippen LogP contribution in [0, 0.1) is 12.7 Å². The van der Waals surface area contributed by atoms with Gasteiger partial charge in [-0.15, -0.1) is 11.3 Å². The van der Waals surface area contributed by atoms with Crippen molar-refractivity contribution < 1.29 is 13.9 Å². The molecule has 25 heavy (non-hydrogen) atoms. The van der Waals surface area contributed by atoms with Gasteiger partial charge >= 0.3 is 5.97 Å². The predicted molar refractivity (Wildman–Crippen MR) is 101 cm³/mol. The van der Waals surface area contributed by atoms with Crippen LogP contribution in [0.25, 0.3) is 0 Å². The number of anilines is 1. The average molecular weight is 376 g/mol. The Labute approximate surface area is 154 Å². The summed E-state index contributed by atoms with van der Waals surface area (Å²) in [5.41, 5.74) is 2.19.